The molecule has 1 saturated heterocycles. The van der Waals surface area contributed by atoms with E-state index in [2.05, 4.69) is 21.2 Å². The maximum atomic E-state index is 11.7. The lowest BCUT2D eigenvalue weighted by molar-refractivity contribution is 0.0677. The number of carbonyl (C=O) groups excluding carboxylic acids is 1. The van der Waals surface area contributed by atoms with Crippen LogP contribution in [0.15, 0.2) is 22.7 Å². The van der Waals surface area contributed by atoms with E-state index in [1.165, 1.54) is 0 Å². The highest BCUT2D eigenvalue weighted by atomic mass is 79.9. The predicted molar refractivity (Wildman–Crippen MR) is 76.6 cm³/mol. The van der Waals surface area contributed by atoms with E-state index in [9.17, 15) is 4.79 Å². The van der Waals surface area contributed by atoms with Crippen molar-refractivity contribution in [2.75, 3.05) is 19.8 Å². The van der Waals surface area contributed by atoms with Gasteiger partial charge in [0, 0.05) is 18.7 Å². The molecule has 0 radical (unpaired) electrons. The Morgan fingerprint density at radius 2 is 2.42 bits per heavy atom. The fraction of sp³-hybridized carbons (Fsp3) is 0.500. The van der Waals surface area contributed by atoms with Gasteiger partial charge in [-0.05, 0) is 53.9 Å². The zero-order valence-corrected chi connectivity index (χ0v) is 12.5. The first kappa shape index (κ1) is 14.3. The Labute approximate surface area is 121 Å². The molecule has 0 bridgehead atoms. The molecule has 1 aliphatic rings. The first-order chi connectivity index (χ1) is 9.20. The number of nitrogens with one attached hydrogen (secondary N) is 1. The molecule has 1 aliphatic heterocycles. The molecule has 0 aliphatic carbocycles. The van der Waals surface area contributed by atoms with Gasteiger partial charge in [-0.2, -0.15) is 0 Å². The van der Waals surface area contributed by atoms with E-state index in [4.69, 9.17) is 9.47 Å². The van der Waals surface area contributed by atoms with Gasteiger partial charge in [0.1, 0.15) is 12.4 Å². The third kappa shape index (κ3) is 3.94. The molecule has 0 spiro atoms. The summed E-state index contributed by atoms with van der Waals surface area (Å²) in [6, 6.07) is 5.35. The fourth-order valence-electron chi connectivity index (χ4n) is 1.98. The van der Waals surface area contributed by atoms with E-state index >= 15 is 0 Å². The van der Waals surface area contributed by atoms with Gasteiger partial charge in [-0.3, -0.25) is 4.79 Å². The molecule has 1 atom stereocenters. The van der Waals surface area contributed by atoms with Crippen LogP contribution < -0.4 is 10.1 Å². The molecule has 2 rings (SSSR count). The van der Waals surface area contributed by atoms with Crippen molar-refractivity contribution in [2.45, 2.75) is 25.9 Å². The topological polar surface area (TPSA) is 47.6 Å². The second-order valence-electron chi connectivity index (χ2n) is 4.45. The van der Waals surface area contributed by atoms with E-state index in [1.807, 2.05) is 13.0 Å². The van der Waals surface area contributed by atoms with Crippen molar-refractivity contribution in [1.29, 1.82) is 0 Å². The van der Waals surface area contributed by atoms with E-state index in [-0.39, 0.29) is 12.0 Å². The van der Waals surface area contributed by atoms with Crippen LogP contribution in [0.25, 0.3) is 0 Å². The molecule has 0 aromatic heterocycles. The summed E-state index contributed by atoms with van der Waals surface area (Å²) in [5.74, 6) is 0.664. The maximum absolute atomic E-state index is 11.7. The molecule has 0 unspecified atom stereocenters. The van der Waals surface area contributed by atoms with Gasteiger partial charge in [-0.15, -0.1) is 0 Å². The number of halogens is 1. The van der Waals surface area contributed by atoms with Gasteiger partial charge in [0.2, 0.25) is 0 Å². The van der Waals surface area contributed by atoms with Crippen LogP contribution in [0, 0.1) is 0 Å². The molecule has 1 aromatic rings. The Hall–Kier alpha value is -1.07. The minimum absolute atomic E-state index is 0.0751. The molecule has 4 nitrogen and oxygen atoms in total. The van der Waals surface area contributed by atoms with Gasteiger partial charge in [-0.25, -0.2) is 0 Å². The Balaban J connectivity index is 1.96. The smallest absolute Gasteiger partial charge is 0.251 e. The van der Waals surface area contributed by atoms with Crippen molar-refractivity contribution in [2.24, 2.45) is 0 Å². The molecule has 1 N–H and O–H groups in total. The van der Waals surface area contributed by atoms with Gasteiger partial charge in [0.25, 0.3) is 5.91 Å². The van der Waals surface area contributed by atoms with Gasteiger partial charge in [0.15, 0.2) is 0 Å². The average molecular weight is 328 g/mol. The summed E-state index contributed by atoms with van der Waals surface area (Å²) in [4.78, 5) is 11.7. The standard InChI is InChI=1S/C14H18BrNO3/c1-2-16-14(17)10-5-6-13(12(15)8-10)19-9-11-4-3-7-18-11/h5-6,8,11H,2-4,7,9H2,1H3,(H,16,17)/t11-/m0/s1. The van der Waals surface area contributed by atoms with Crippen LogP contribution >= 0.6 is 15.9 Å². The van der Waals surface area contributed by atoms with E-state index in [0.717, 1.165) is 29.7 Å². The quantitative estimate of drug-likeness (QED) is 0.904. The van der Waals surface area contributed by atoms with Crippen molar-refractivity contribution < 1.29 is 14.3 Å². The second-order valence-corrected chi connectivity index (χ2v) is 5.31. The Morgan fingerprint density at radius 1 is 1.58 bits per heavy atom. The third-order valence-electron chi connectivity index (χ3n) is 2.98. The molecule has 0 saturated carbocycles. The zero-order valence-electron chi connectivity index (χ0n) is 10.9. The number of rotatable bonds is 5. The number of carbonyl (C=O) groups is 1. The lowest BCUT2D eigenvalue weighted by Gasteiger charge is -2.13. The molecule has 1 amide bonds. The van der Waals surface area contributed by atoms with Gasteiger partial charge in [0.05, 0.1) is 10.6 Å². The van der Waals surface area contributed by atoms with Crippen LogP contribution in [0.4, 0.5) is 0 Å². The van der Waals surface area contributed by atoms with Gasteiger partial charge < -0.3 is 14.8 Å². The van der Waals surface area contributed by atoms with E-state index in [1.54, 1.807) is 12.1 Å². The Kier molecular flexibility index (Phi) is 5.22. The molecule has 104 valence electrons. The lowest BCUT2D eigenvalue weighted by Crippen LogP contribution is -2.22. The molecule has 19 heavy (non-hydrogen) atoms. The highest BCUT2D eigenvalue weighted by Crippen LogP contribution is 2.27. The van der Waals surface area contributed by atoms with E-state index < -0.39 is 0 Å². The van der Waals surface area contributed by atoms with Crippen molar-refractivity contribution in [3.63, 3.8) is 0 Å². The lowest BCUT2D eigenvalue weighted by atomic mass is 10.2. The van der Waals surface area contributed by atoms with Crippen LogP contribution in [-0.4, -0.2) is 31.8 Å². The van der Waals surface area contributed by atoms with Crippen LogP contribution in [0.1, 0.15) is 30.1 Å². The average Bonchev–Trinajstić information content (AvgIpc) is 2.90. The van der Waals surface area contributed by atoms with Crippen LogP contribution in [0.2, 0.25) is 0 Å². The van der Waals surface area contributed by atoms with Crippen molar-refractivity contribution in [3.8, 4) is 5.75 Å². The molecular weight excluding hydrogens is 310 g/mol. The minimum Gasteiger partial charge on any atom is -0.490 e. The first-order valence-corrected chi connectivity index (χ1v) is 7.32. The summed E-state index contributed by atoms with van der Waals surface area (Å²) in [6.07, 6.45) is 2.34. The highest BCUT2D eigenvalue weighted by molar-refractivity contribution is 9.10. The Morgan fingerprint density at radius 3 is 3.05 bits per heavy atom. The maximum Gasteiger partial charge on any atom is 0.251 e. The minimum atomic E-state index is -0.0751. The van der Waals surface area contributed by atoms with E-state index in [0.29, 0.717) is 18.7 Å². The summed E-state index contributed by atoms with van der Waals surface area (Å²) < 4.78 is 12.0. The number of amides is 1. The highest BCUT2D eigenvalue weighted by Gasteiger charge is 2.17. The summed E-state index contributed by atoms with van der Waals surface area (Å²) in [5, 5.41) is 2.76. The summed E-state index contributed by atoms with van der Waals surface area (Å²) in [5.41, 5.74) is 0.623. The van der Waals surface area contributed by atoms with Crippen LogP contribution in [0.3, 0.4) is 0 Å². The monoisotopic (exact) mass is 327 g/mol. The van der Waals surface area contributed by atoms with Crippen molar-refractivity contribution >= 4 is 21.8 Å². The molecule has 5 heteroatoms. The fourth-order valence-corrected chi connectivity index (χ4v) is 2.47. The first-order valence-electron chi connectivity index (χ1n) is 6.53. The van der Waals surface area contributed by atoms with Crippen LogP contribution in [-0.2, 0) is 4.74 Å². The molecule has 1 fully saturated rings. The van der Waals surface area contributed by atoms with Gasteiger partial charge in [-0.1, -0.05) is 0 Å². The summed E-state index contributed by atoms with van der Waals surface area (Å²) in [7, 11) is 0. The van der Waals surface area contributed by atoms with Gasteiger partial charge >= 0.3 is 0 Å². The number of benzene rings is 1. The van der Waals surface area contributed by atoms with Crippen molar-refractivity contribution in [1.82, 2.24) is 5.32 Å². The SMILES string of the molecule is CCNC(=O)c1ccc(OC[C@@H]2CCCO2)c(Br)c1. The van der Waals surface area contributed by atoms with Crippen molar-refractivity contribution in [3.05, 3.63) is 28.2 Å². The summed E-state index contributed by atoms with van der Waals surface area (Å²) >= 11 is 3.43. The molecular formula is C14H18BrNO3. The predicted octanol–water partition coefficient (Wildman–Crippen LogP) is 2.76. The number of hydrogen-bond donors (Lipinski definition) is 1. The largest absolute Gasteiger partial charge is 0.490 e. The third-order valence-corrected chi connectivity index (χ3v) is 3.60. The zero-order chi connectivity index (χ0) is 13.7. The Bertz CT molecular complexity index is 444. The van der Waals surface area contributed by atoms with Crippen LogP contribution in [0.5, 0.6) is 5.75 Å². The number of hydrogen-bond acceptors (Lipinski definition) is 3. The summed E-state index contributed by atoms with van der Waals surface area (Å²) in [6.45, 7) is 3.89. The normalized spacial score (nSPS) is 18.3. The molecule has 1 aromatic carbocycles. The number of ether oxygens (including phenoxy) is 2. The second kappa shape index (κ2) is 6.91. The molecule has 1 heterocycles.